The van der Waals surface area contributed by atoms with Crippen LogP contribution in [-0.2, 0) is 11.2 Å². The highest BCUT2D eigenvalue weighted by atomic mass is 19.1. The lowest BCUT2D eigenvalue weighted by Crippen LogP contribution is -2.32. The van der Waals surface area contributed by atoms with E-state index in [4.69, 9.17) is 4.74 Å². The first-order valence-corrected chi connectivity index (χ1v) is 7.49. The van der Waals surface area contributed by atoms with Gasteiger partial charge in [-0.05, 0) is 37.4 Å². The van der Waals surface area contributed by atoms with Gasteiger partial charge in [-0.2, -0.15) is 0 Å². The van der Waals surface area contributed by atoms with Gasteiger partial charge in [-0.3, -0.25) is 0 Å². The van der Waals surface area contributed by atoms with E-state index in [0.29, 0.717) is 37.8 Å². The minimum atomic E-state index is -0.490. The zero-order valence-corrected chi connectivity index (χ0v) is 11.9. The maximum absolute atomic E-state index is 13.4. The van der Waals surface area contributed by atoms with Gasteiger partial charge >= 0.3 is 0 Å². The summed E-state index contributed by atoms with van der Waals surface area (Å²) in [6.07, 6.45) is 5.19. The third kappa shape index (κ3) is 5.19. The Morgan fingerprint density at radius 2 is 2.05 bits per heavy atom. The fourth-order valence-electron chi connectivity index (χ4n) is 2.55. The molecule has 1 aromatic carbocycles. The summed E-state index contributed by atoms with van der Waals surface area (Å²) < 4.78 is 19.0. The number of halogens is 1. The standard InChI is InChI=1S/C16H24FNO2/c17-16-8-4-1-5-13(16)9-10-18-11-14(19)12-20-15-6-2-3-7-15/h1,4-5,8,14-15,18-19H,2-3,6-7,9-12H2. The van der Waals surface area contributed by atoms with Crippen LogP contribution in [0.5, 0.6) is 0 Å². The average Bonchev–Trinajstić information content (AvgIpc) is 2.96. The second-order valence-electron chi connectivity index (χ2n) is 5.44. The summed E-state index contributed by atoms with van der Waals surface area (Å²) in [6, 6.07) is 6.79. The van der Waals surface area contributed by atoms with E-state index in [1.54, 1.807) is 12.1 Å². The molecule has 20 heavy (non-hydrogen) atoms. The van der Waals surface area contributed by atoms with E-state index in [2.05, 4.69) is 5.32 Å². The smallest absolute Gasteiger partial charge is 0.126 e. The van der Waals surface area contributed by atoms with Crippen molar-refractivity contribution >= 4 is 0 Å². The molecule has 1 aliphatic carbocycles. The number of ether oxygens (including phenoxy) is 1. The first kappa shape index (κ1) is 15.4. The highest BCUT2D eigenvalue weighted by molar-refractivity contribution is 5.17. The van der Waals surface area contributed by atoms with E-state index in [0.717, 1.165) is 12.8 Å². The van der Waals surface area contributed by atoms with Gasteiger partial charge in [0, 0.05) is 6.54 Å². The monoisotopic (exact) mass is 281 g/mol. The maximum atomic E-state index is 13.4. The number of hydrogen-bond donors (Lipinski definition) is 2. The van der Waals surface area contributed by atoms with Crippen molar-refractivity contribution in [2.45, 2.75) is 44.3 Å². The van der Waals surface area contributed by atoms with Crippen molar-refractivity contribution in [2.24, 2.45) is 0 Å². The predicted molar refractivity (Wildman–Crippen MR) is 77.2 cm³/mol. The van der Waals surface area contributed by atoms with Gasteiger partial charge in [0.1, 0.15) is 5.82 Å². The molecule has 112 valence electrons. The number of nitrogens with one attached hydrogen (secondary N) is 1. The van der Waals surface area contributed by atoms with Crippen molar-refractivity contribution < 1.29 is 14.2 Å². The molecule has 4 heteroatoms. The quantitative estimate of drug-likeness (QED) is 0.718. The van der Waals surface area contributed by atoms with Crippen molar-refractivity contribution in [3.63, 3.8) is 0 Å². The Balaban J connectivity index is 1.55. The lowest BCUT2D eigenvalue weighted by Gasteiger charge is -2.16. The average molecular weight is 281 g/mol. The minimum absolute atomic E-state index is 0.167. The minimum Gasteiger partial charge on any atom is -0.389 e. The first-order valence-electron chi connectivity index (χ1n) is 7.49. The Kier molecular flexibility index (Phi) is 6.43. The largest absolute Gasteiger partial charge is 0.389 e. The van der Waals surface area contributed by atoms with Crippen LogP contribution >= 0.6 is 0 Å². The molecule has 1 unspecified atom stereocenters. The molecule has 0 spiro atoms. The van der Waals surface area contributed by atoms with Gasteiger partial charge < -0.3 is 15.2 Å². The summed E-state index contributed by atoms with van der Waals surface area (Å²) in [5.41, 5.74) is 0.705. The summed E-state index contributed by atoms with van der Waals surface area (Å²) in [5, 5.41) is 12.9. The van der Waals surface area contributed by atoms with Crippen molar-refractivity contribution in [1.82, 2.24) is 5.32 Å². The molecule has 2 rings (SSSR count). The van der Waals surface area contributed by atoms with Crippen LogP contribution in [-0.4, -0.2) is 37.0 Å². The lowest BCUT2D eigenvalue weighted by atomic mass is 10.1. The topological polar surface area (TPSA) is 41.5 Å². The third-order valence-electron chi connectivity index (χ3n) is 3.74. The van der Waals surface area contributed by atoms with E-state index in [9.17, 15) is 9.50 Å². The van der Waals surface area contributed by atoms with Crippen LogP contribution in [0.2, 0.25) is 0 Å². The van der Waals surface area contributed by atoms with Crippen molar-refractivity contribution in [2.75, 3.05) is 19.7 Å². The van der Waals surface area contributed by atoms with E-state index in [1.165, 1.54) is 18.9 Å². The summed E-state index contributed by atoms with van der Waals surface area (Å²) >= 11 is 0. The van der Waals surface area contributed by atoms with E-state index >= 15 is 0 Å². The zero-order valence-electron chi connectivity index (χ0n) is 11.9. The van der Waals surface area contributed by atoms with E-state index in [1.807, 2.05) is 6.07 Å². The second kappa shape index (κ2) is 8.35. The fraction of sp³-hybridized carbons (Fsp3) is 0.625. The molecule has 3 nitrogen and oxygen atoms in total. The van der Waals surface area contributed by atoms with E-state index < -0.39 is 6.10 Å². The summed E-state index contributed by atoms with van der Waals surface area (Å²) in [7, 11) is 0. The Bertz CT molecular complexity index is 394. The van der Waals surface area contributed by atoms with Gasteiger partial charge in [0.2, 0.25) is 0 Å². The molecule has 2 N–H and O–H groups in total. The maximum Gasteiger partial charge on any atom is 0.126 e. The van der Waals surface area contributed by atoms with Gasteiger partial charge in [-0.25, -0.2) is 4.39 Å². The SMILES string of the molecule is OC(CNCCc1ccccc1F)COC1CCCC1. The molecule has 0 aromatic heterocycles. The van der Waals surface area contributed by atoms with Gasteiger partial charge in [0.05, 0.1) is 18.8 Å². The number of benzene rings is 1. The fourth-order valence-corrected chi connectivity index (χ4v) is 2.55. The molecular weight excluding hydrogens is 257 g/mol. The van der Waals surface area contributed by atoms with Crippen LogP contribution in [0.15, 0.2) is 24.3 Å². The van der Waals surface area contributed by atoms with Crippen LogP contribution in [0.3, 0.4) is 0 Å². The van der Waals surface area contributed by atoms with Crippen LogP contribution in [0, 0.1) is 5.82 Å². The number of aliphatic hydroxyl groups excluding tert-OH is 1. The van der Waals surface area contributed by atoms with Crippen molar-refractivity contribution in [3.05, 3.63) is 35.6 Å². The van der Waals surface area contributed by atoms with Crippen LogP contribution < -0.4 is 5.32 Å². The number of hydrogen-bond acceptors (Lipinski definition) is 3. The van der Waals surface area contributed by atoms with Gasteiger partial charge in [0.25, 0.3) is 0 Å². The molecular formula is C16H24FNO2. The number of aliphatic hydroxyl groups is 1. The zero-order chi connectivity index (χ0) is 14.2. The molecule has 0 amide bonds. The molecule has 1 aliphatic rings. The van der Waals surface area contributed by atoms with E-state index in [-0.39, 0.29) is 5.82 Å². The molecule has 1 atom stereocenters. The van der Waals surface area contributed by atoms with Crippen LogP contribution in [0.4, 0.5) is 4.39 Å². The number of rotatable bonds is 8. The summed E-state index contributed by atoms with van der Waals surface area (Å²) in [6.45, 7) is 1.53. The Morgan fingerprint density at radius 1 is 1.30 bits per heavy atom. The lowest BCUT2D eigenvalue weighted by molar-refractivity contribution is -0.00531. The Labute approximate surface area is 120 Å². The molecule has 0 aliphatic heterocycles. The highest BCUT2D eigenvalue weighted by Gasteiger charge is 2.16. The van der Waals surface area contributed by atoms with Gasteiger partial charge in [-0.1, -0.05) is 31.0 Å². The van der Waals surface area contributed by atoms with Crippen LogP contribution in [0.1, 0.15) is 31.2 Å². The highest BCUT2D eigenvalue weighted by Crippen LogP contribution is 2.20. The summed E-state index contributed by atoms with van der Waals surface area (Å²) in [5.74, 6) is -0.167. The molecule has 1 saturated carbocycles. The molecule has 0 heterocycles. The predicted octanol–water partition coefficient (Wildman–Crippen LogP) is 2.28. The van der Waals surface area contributed by atoms with Crippen molar-refractivity contribution in [1.29, 1.82) is 0 Å². The molecule has 1 fully saturated rings. The third-order valence-corrected chi connectivity index (χ3v) is 3.74. The normalized spacial score (nSPS) is 17.5. The second-order valence-corrected chi connectivity index (χ2v) is 5.44. The van der Waals surface area contributed by atoms with Crippen molar-refractivity contribution in [3.8, 4) is 0 Å². The molecule has 0 saturated heterocycles. The van der Waals surface area contributed by atoms with Crippen LogP contribution in [0.25, 0.3) is 0 Å². The van der Waals surface area contributed by atoms with Gasteiger partial charge in [-0.15, -0.1) is 0 Å². The first-order chi connectivity index (χ1) is 9.75. The molecule has 0 bridgehead atoms. The molecule has 0 radical (unpaired) electrons. The summed E-state index contributed by atoms with van der Waals surface area (Å²) in [4.78, 5) is 0. The Morgan fingerprint density at radius 3 is 2.80 bits per heavy atom. The molecule has 1 aromatic rings. The van der Waals surface area contributed by atoms with Gasteiger partial charge in [0.15, 0.2) is 0 Å². The Hall–Kier alpha value is -0.970.